The number of likely N-dealkylation sites (N-methyl/N-ethyl adjacent to an activating group) is 1. The van der Waals surface area contributed by atoms with Crippen LogP contribution in [0.25, 0.3) is 0 Å². The lowest BCUT2D eigenvalue weighted by atomic mass is 9.92. The summed E-state index contributed by atoms with van der Waals surface area (Å²) in [6.45, 7) is 6.21. The van der Waals surface area contributed by atoms with Gasteiger partial charge < -0.3 is 14.4 Å². The van der Waals surface area contributed by atoms with Gasteiger partial charge in [-0.15, -0.1) is 11.3 Å². The summed E-state index contributed by atoms with van der Waals surface area (Å²) in [5.41, 5.74) is 1.66. The summed E-state index contributed by atoms with van der Waals surface area (Å²) in [7, 11) is 1.67. The number of ether oxygens (including phenoxy) is 2. The molecule has 2 aliphatic heterocycles. The lowest BCUT2D eigenvalue weighted by molar-refractivity contribution is -0.141. The largest absolute Gasteiger partial charge is 0.454 e. The fraction of sp³-hybridized carbons (Fsp3) is 0.435. The third-order valence-corrected chi connectivity index (χ3v) is 6.15. The van der Waals surface area contributed by atoms with Gasteiger partial charge in [-0.1, -0.05) is 32.9 Å². The van der Waals surface area contributed by atoms with Crippen LogP contribution in [-0.2, 0) is 9.59 Å². The number of benzene rings is 1. The quantitative estimate of drug-likeness (QED) is 0.702. The molecule has 0 N–H and O–H groups in total. The van der Waals surface area contributed by atoms with Crippen LogP contribution in [0, 0.1) is 5.41 Å². The molecule has 31 heavy (non-hydrogen) atoms. The van der Waals surface area contributed by atoms with Gasteiger partial charge in [0.1, 0.15) is 6.54 Å². The third kappa shape index (κ3) is 4.74. The lowest BCUT2D eigenvalue weighted by Crippen LogP contribution is -2.40. The van der Waals surface area contributed by atoms with E-state index in [0.717, 1.165) is 16.2 Å². The van der Waals surface area contributed by atoms with Crippen molar-refractivity contribution in [3.8, 4) is 11.5 Å². The number of carbonyl (C=O) groups is 2. The fourth-order valence-corrected chi connectivity index (χ4v) is 4.39. The van der Waals surface area contributed by atoms with Crippen LogP contribution in [0.4, 0.5) is 0 Å². The van der Waals surface area contributed by atoms with E-state index in [4.69, 9.17) is 9.47 Å². The monoisotopic (exact) mass is 441 g/mol. The SMILES string of the molecule is CN(CC(=O)N1N=C(c2cccs2)CC1c1ccc2c(c1)OCO2)C(=O)CC(C)(C)C. The Bertz CT molecular complexity index is 1010. The van der Waals surface area contributed by atoms with E-state index in [1.54, 1.807) is 18.4 Å². The molecule has 1 aromatic carbocycles. The van der Waals surface area contributed by atoms with Crippen molar-refractivity contribution in [3.05, 3.63) is 46.2 Å². The highest BCUT2D eigenvalue weighted by atomic mass is 32.1. The summed E-state index contributed by atoms with van der Waals surface area (Å²) in [4.78, 5) is 28.3. The molecule has 2 aliphatic rings. The highest BCUT2D eigenvalue weighted by Crippen LogP contribution is 2.39. The van der Waals surface area contributed by atoms with E-state index in [9.17, 15) is 9.59 Å². The molecule has 8 heteroatoms. The van der Waals surface area contributed by atoms with Gasteiger partial charge in [0.05, 0.1) is 16.6 Å². The van der Waals surface area contributed by atoms with E-state index in [1.165, 1.54) is 9.91 Å². The number of nitrogens with zero attached hydrogens (tertiary/aromatic N) is 3. The average Bonchev–Trinajstić information content (AvgIpc) is 3.45. The van der Waals surface area contributed by atoms with Gasteiger partial charge in [-0.25, -0.2) is 5.01 Å². The van der Waals surface area contributed by atoms with E-state index in [0.29, 0.717) is 24.3 Å². The zero-order chi connectivity index (χ0) is 22.2. The first-order chi connectivity index (χ1) is 14.7. The number of hydrazone groups is 1. The van der Waals surface area contributed by atoms with Gasteiger partial charge >= 0.3 is 0 Å². The van der Waals surface area contributed by atoms with Gasteiger partial charge in [-0.3, -0.25) is 9.59 Å². The van der Waals surface area contributed by atoms with E-state index in [-0.39, 0.29) is 36.6 Å². The number of thiophene rings is 1. The van der Waals surface area contributed by atoms with Crippen LogP contribution >= 0.6 is 11.3 Å². The molecule has 1 unspecified atom stereocenters. The highest BCUT2D eigenvalue weighted by Gasteiger charge is 2.35. The molecule has 0 saturated carbocycles. The molecule has 2 aromatic rings. The molecule has 1 aromatic heterocycles. The topological polar surface area (TPSA) is 71.4 Å². The van der Waals surface area contributed by atoms with Crippen LogP contribution < -0.4 is 9.47 Å². The van der Waals surface area contributed by atoms with Crippen LogP contribution in [0.2, 0.25) is 0 Å². The molecule has 164 valence electrons. The summed E-state index contributed by atoms with van der Waals surface area (Å²) in [6, 6.07) is 9.44. The van der Waals surface area contributed by atoms with Gasteiger partial charge in [0.15, 0.2) is 11.5 Å². The molecule has 4 rings (SSSR count). The minimum atomic E-state index is -0.259. The second-order valence-electron chi connectivity index (χ2n) is 9.08. The van der Waals surface area contributed by atoms with Crippen molar-refractivity contribution in [2.45, 2.75) is 39.7 Å². The van der Waals surface area contributed by atoms with Crippen molar-refractivity contribution < 1.29 is 19.1 Å². The first-order valence-corrected chi connectivity index (χ1v) is 11.2. The summed E-state index contributed by atoms with van der Waals surface area (Å²) in [5, 5.41) is 8.19. The Kier molecular flexibility index (Phi) is 5.75. The number of fused-ring (bicyclic) bond motifs is 1. The van der Waals surface area contributed by atoms with Crippen molar-refractivity contribution in [1.82, 2.24) is 9.91 Å². The molecule has 2 amide bonds. The van der Waals surface area contributed by atoms with Crippen LogP contribution in [-0.4, -0.2) is 47.8 Å². The molecule has 1 atom stereocenters. The van der Waals surface area contributed by atoms with Crippen molar-refractivity contribution in [3.63, 3.8) is 0 Å². The second kappa shape index (κ2) is 8.34. The van der Waals surface area contributed by atoms with Gasteiger partial charge in [-0.05, 0) is 34.6 Å². The van der Waals surface area contributed by atoms with Crippen molar-refractivity contribution >= 4 is 28.9 Å². The minimum Gasteiger partial charge on any atom is -0.454 e. The molecule has 3 heterocycles. The van der Waals surface area contributed by atoms with Crippen LogP contribution in [0.15, 0.2) is 40.8 Å². The Morgan fingerprint density at radius 1 is 1.23 bits per heavy atom. The van der Waals surface area contributed by atoms with Gasteiger partial charge in [0.2, 0.25) is 12.7 Å². The number of hydrogen-bond acceptors (Lipinski definition) is 6. The smallest absolute Gasteiger partial charge is 0.262 e. The van der Waals surface area contributed by atoms with E-state index >= 15 is 0 Å². The molecule has 0 radical (unpaired) electrons. The molecular weight excluding hydrogens is 414 g/mol. The second-order valence-corrected chi connectivity index (χ2v) is 10.0. The average molecular weight is 442 g/mol. The lowest BCUT2D eigenvalue weighted by Gasteiger charge is -2.26. The Morgan fingerprint density at radius 3 is 2.71 bits per heavy atom. The predicted molar refractivity (Wildman–Crippen MR) is 119 cm³/mol. The Morgan fingerprint density at radius 2 is 2.00 bits per heavy atom. The number of rotatable bonds is 5. The van der Waals surface area contributed by atoms with E-state index < -0.39 is 0 Å². The zero-order valence-electron chi connectivity index (χ0n) is 18.3. The summed E-state index contributed by atoms with van der Waals surface area (Å²) < 4.78 is 10.9. The number of hydrogen-bond donors (Lipinski definition) is 0. The fourth-order valence-electron chi connectivity index (χ4n) is 3.66. The molecule has 0 bridgehead atoms. The number of amides is 2. The van der Waals surface area contributed by atoms with E-state index in [2.05, 4.69) is 5.10 Å². The van der Waals surface area contributed by atoms with Crippen LogP contribution in [0.3, 0.4) is 0 Å². The molecule has 0 fully saturated rings. The van der Waals surface area contributed by atoms with Gasteiger partial charge in [0, 0.05) is 19.9 Å². The maximum Gasteiger partial charge on any atom is 0.262 e. The summed E-state index contributed by atoms with van der Waals surface area (Å²) >= 11 is 1.60. The third-order valence-electron chi connectivity index (χ3n) is 5.23. The molecule has 0 spiro atoms. The Labute approximate surface area is 186 Å². The number of carbonyl (C=O) groups excluding carboxylic acids is 2. The minimum absolute atomic E-state index is 0.0167. The molecular formula is C23H27N3O4S. The first kappa shape index (κ1) is 21.4. The van der Waals surface area contributed by atoms with Crippen molar-refractivity contribution in [1.29, 1.82) is 0 Å². The van der Waals surface area contributed by atoms with Gasteiger partial charge in [-0.2, -0.15) is 5.10 Å². The standard InChI is InChI=1S/C23H27N3O4S/c1-23(2,3)12-21(27)25(4)13-22(28)26-17(11-16(24-26)20-6-5-9-31-20)15-7-8-18-19(10-15)30-14-29-18/h5-10,17H,11-14H2,1-4H3. The maximum atomic E-state index is 13.2. The first-order valence-electron chi connectivity index (χ1n) is 10.3. The Balaban J connectivity index is 1.56. The Hall–Kier alpha value is -2.87. The highest BCUT2D eigenvalue weighted by molar-refractivity contribution is 7.12. The van der Waals surface area contributed by atoms with Crippen LogP contribution in [0.5, 0.6) is 11.5 Å². The maximum absolute atomic E-state index is 13.2. The van der Waals surface area contributed by atoms with Gasteiger partial charge in [0.25, 0.3) is 5.91 Å². The van der Waals surface area contributed by atoms with Crippen LogP contribution in [0.1, 0.15) is 50.1 Å². The molecule has 0 saturated heterocycles. The predicted octanol–water partition coefficient (Wildman–Crippen LogP) is 4.05. The summed E-state index contributed by atoms with van der Waals surface area (Å²) in [6.07, 6.45) is 0.984. The van der Waals surface area contributed by atoms with Crippen molar-refractivity contribution in [2.24, 2.45) is 10.5 Å². The summed E-state index contributed by atoms with van der Waals surface area (Å²) in [5.74, 6) is 1.11. The molecule has 0 aliphatic carbocycles. The zero-order valence-corrected chi connectivity index (χ0v) is 19.1. The molecule has 7 nitrogen and oxygen atoms in total. The normalized spacial score (nSPS) is 17.6. The van der Waals surface area contributed by atoms with E-state index in [1.807, 2.05) is 56.5 Å². The van der Waals surface area contributed by atoms with Crippen molar-refractivity contribution in [2.75, 3.05) is 20.4 Å².